The zero-order valence-electron chi connectivity index (χ0n) is 35.9. The molecule has 2 aromatic heterocycles. The van der Waals surface area contributed by atoms with E-state index < -0.39 is 51.8 Å². The minimum atomic E-state index is -4.23. The van der Waals surface area contributed by atoms with Crippen LogP contribution in [0.2, 0.25) is 0 Å². The van der Waals surface area contributed by atoms with Crippen LogP contribution >= 0.6 is 0 Å². The molecule has 336 valence electrons. The fourth-order valence-electron chi connectivity index (χ4n) is 9.05. The first-order valence-electron chi connectivity index (χ1n) is 20.7. The van der Waals surface area contributed by atoms with Crippen molar-refractivity contribution in [2.45, 2.75) is 74.0 Å². The Hall–Kier alpha value is -4.85. The second-order valence-corrected chi connectivity index (χ2v) is 24.7. The van der Waals surface area contributed by atoms with Crippen molar-refractivity contribution < 1.29 is 43.6 Å². The normalized spacial score (nSPS) is 20.7. The summed E-state index contributed by atoms with van der Waals surface area (Å²) >= 11 is 0. The predicted octanol–water partition coefficient (Wildman–Crippen LogP) is 7.40. The van der Waals surface area contributed by atoms with E-state index in [1.807, 2.05) is 13.8 Å². The largest absolute Gasteiger partial charge is 0.477 e. The third kappa shape index (κ3) is 8.72. The van der Waals surface area contributed by atoms with Crippen molar-refractivity contribution in [2.75, 3.05) is 26.2 Å². The highest BCUT2D eigenvalue weighted by Crippen LogP contribution is 2.35. The van der Waals surface area contributed by atoms with Crippen molar-refractivity contribution in [1.29, 1.82) is 0 Å². The van der Waals surface area contributed by atoms with E-state index in [4.69, 9.17) is 0 Å². The molecule has 0 amide bonds. The maximum absolute atomic E-state index is 13.4. The second kappa shape index (κ2) is 17.3. The Morgan fingerprint density at radius 1 is 0.524 bits per heavy atom. The quantitative estimate of drug-likeness (QED) is 0.153. The van der Waals surface area contributed by atoms with Crippen molar-refractivity contribution in [3.63, 3.8) is 0 Å². The number of aromatic nitrogens is 2. The van der Waals surface area contributed by atoms with Crippen molar-refractivity contribution >= 4 is 67.9 Å². The summed E-state index contributed by atoms with van der Waals surface area (Å²) in [4.78, 5) is 12.4. The fourth-order valence-corrected chi connectivity index (χ4v) is 15.5. The smallest absolute Gasteiger partial charge is 0.353 e. The lowest BCUT2D eigenvalue weighted by atomic mass is 9.94. The van der Waals surface area contributed by atoms with Crippen LogP contribution in [-0.2, 0) is 40.1 Å². The van der Waals surface area contributed by atoms with Gasteiger partial charge in [-0.05, 0) is 122 Å². The predicted molar refractivity (Wildman–Crippen MR) is 242 cm³/mol. The van der Waals surface area contributed by atoms with Crippen LogP contribution in [0.15, 0.2) is 123 Å². The zero-order chi connectivity index (χ0) is 45.8. The number of hydrogen-bond donors (Lipinski definition) is 1. The molecule has 4 aromatic carbocycles. The molecule has 0 spiro atoms. The van der Waals surface area contributed by atoms with Gasteiger partial charge < -0.3 is 5.11 Å². The van der Waals surface area contributed by atoms with Gasteiger partial charge in [0.1, 0.15) is 5.69 Å². The molecule has 2 saturated heterocycles. The molecular formula is C45H52N4O10S4. The summed E-state index contributed by atoms with van der Waals surface area (Å²) in [6.07, 6.45) is 3.52. The summed E-state index contributed by atoms with van der Waals surface area (Å²) in [5.74, 6) is -0.335. The number of carbonyl (C=O) groups is 1. The summed E-state index contributed by atoms with van der Waals surface area (Å²) in [5, 5.41) is 10.7. The summed E-state index contributed by atoms with van der Waals surface area (Å²) in [7, 11) is -15.5. The van der Waals surface area contributed by atoms with Crippen LogP contribution < -0.4 is 0 Å². The van der Waals surface area contributed by atoms with E-state index in [-0.39, 0.29) is 47.9 Å². The molecule has 4 atom stereocenters. The highest BCUT2D eigenvalue weighted by atomic mass is 32.2. The van der Waals surface area contributed by atoms with Gasteiger partial charge in [0.25, 0.3) is 20.0 Å². The minimum Gasteiger partial charge on any atom is -0.477 e. The van der Waals surface area contributed by atoms with Gasteiger partial charge in [0.2, 0.25) is 20.0 Å². The van der Waals surface area contributed by atoms with E-state index in [0.717, 1.165) is 16.8 Å². The first-order chi connectivity index (χ1) is 29.5. The maximum atomic E-state index is 13.4. The number of carboxylic acids is 1. The topological polar surface area (TPSA) is 190 Å². The molecule has 2 fully saturated rings. The van der Waals surface area contributed by atoms with Crippen LogP contribution in [0.3, 0.4) is 0 Å². The summed E-state index contributed by atoms with van der Waals surface area (Å²) < 4.78 is 111. The zero-order valence-corrected chi connectivity index (χ0v) is 39.2. The Bertz CT molecular complexity index is 3150. The van der Waals surface area contributed by atoms with Crippen LogP contribution in [-0.4, -0.2) is 87.5 Å². The number of aromatic carboxylic acids is 1. The lowest BCUT2D eigenvalue weighted by molar-refractivity contribution is 0.0688. The molecule has 6 aromatic rings. The average molecular weight is 937 g/mol. The highest BCUT2D eigenvalue weighted by molar-refractivity contribution is 7.90. The van der Waals surface area contributed by atoms with Gasteiger partial charge in [-0.15, -0.1) is 0 Å². The number of piperidine rings is 2. The third-order valence-corrected chi connectivity index (χ3v) is 18.9. The molecule has 8 rings (SSSR count). The van der Waals surface area contributed by atoms with Gasteiger partial charge in [-0.1, -0.05) is 64.1 Å². The monoisotopic (exact) mass is 936 g/mol. The number of rotatable bonds is 9. The van der Waals surface area contributed by atoms with Gasteiger partial charge in [-0.25, -0.2) is 46.4 Å². The Morgan fingerprint density at radius 3 is 1.38 bits per heavy atom. The minimum absolute atomic E-state index is 0.0191. The van der Waals surface area contributed by atoms with Gasteiger partial charge in [0.15, 0.2) is 0 Å². The van der Waals surface area contributed by atoms with Crippen molar-refractivity contribution in [1.82, 2.24) is 16.6 Å². The molecule has 0 bridgehead atoms. The lowest BCUT2D eigenvalue weighted by Gasteiger charge is -2.34. The van der Waals surface area contributed by atoms with Gasteiger partial charge in [0.05, 0.1) is 30.6 Å². The van der Waals surface area contributed by atoms with Gasteiger partial charge in [-0.3, -0.25) is 0 Å². The SMILES string of the molecule is Cc1c(C(=O)O)n(S(=O)(=O)c2ccccc2)c2ccc(S(=O)(=O)N3CC(C)CC(C)C3)cc12.Cc1cn(S(=O)(=O)c2ccccc2)c2ccc(S(=O)(=O)N3CC(C)CC(C)C3)cc12. The number of hydrogen-bond acceptors (Lipinski definition) is 9. The van der Waals surface area contributed by atoms with E-state index in [9.17, 15) is 43.6 Å². The number of carboxylic acid groups (broad SMARTS) is 1. The third-order valence-electron chi connectivity index (χ3n) is 11.8. The first-order valence-corrected chi connectivity index (χ1v) is 26.4. The number of benzene rings is 4. The fraction of sp³-hybridized carbons (Fsp3) is 0.356. The number of sulfonamides is 2. The van der Waals surface area contributed by atoms with Crippen LogP contribution in [0, 0.1) is 37.5 Å². The summed E-state index contributed by atoms with van der Waals surface area (Å²) in [5.41, 5.74) is 1.07. The molecule has 4 heterocycles. The van der Waals surface area contributed by atoms with E-state index >= 15 is 0 Å². The van der Waals surface area contributed by atoms with E-state index in [2.05, 4.69) is 13.8 Å². The van der Waals surface area contributed by atoms with Crippen molar-refractivity contribution in [3.8, 4) is 0 Å². The molecular weight excluding hydrogens is 885 g/mol. The standard InChI is InChI=1S/C23H26N2O6S2.C22H26N2O4S2/c1-15-11-16(2)14-24(13-15)32(28,29)19-9-10-21-20(12-19)17(3)22(23(26)27)25(21)33(30,31)18-7-5-4-6-8-18;1-16-11-17(2)14-23(13-16)29(25,26)20-9-10-22-21(12-20)18(3)15-24(22)30(27,28)19-7-5-4-6-8-19/h4-10,12,15-16H,11,13-14H2,1-3H3,(H,26,27);4-10,12,15-17H,11,13-14H2,1-3H3. The molecule has 14 nitrogen and oxygen atoms in total. The molecule has 4 unspecified atom stereocenters. The average Bonchev–Trinajstić information content (AvgIpc) is 3.74. The lowest BCUT2D eigenvalue weighted by Crippen LogP contribution is -2.42. The van der Waals surface area contributed by atoms with Crippen LogP contribution in [0.4, 0.5) is 0 Å². The Labute approximate surface area is 370 Å². The Morgan fingerprint density at radius 2 is 0.937 bits per heavy atom. The first kappa shape index (κ1) is 46.2. The molecule has 1 N–H and O–H groups in total. The van der Waals surface area contributed by atoms with Crippen LogP contribution in [0.5, 0.6) is 0 Å². The van der Waals surface area contributed by atoms with Crippen molar-refractivity contribution in [3.05, 3.63) is 120 Å². The molecule has 18 heteroatoms. The van der Waals surface area contributed by atoms with Gasteiger partial charge in [-0.2, -0.15) is 8.61 Å². The van der Waals surface area contributed by atoms with Crippen LogP contribution in [0.25, 0.3) is 21.8 Å². The van der Waals surface area contributed by atoms with Gasteiger partial charge in [0, 0.05) is 43.1 Å². The molecule has 63 heavy (non-hydrogen) atoms. The van der Waals surface area contributed by atoms with Gasteiger partial charge >= 0.3 is 5.97 Å². The molecule has 2 aliphatic rings. The van der Waals surface area contributed by atoms with E-state index in [0.29, 0.717) is 54.5 Å². The maximum Gasteiger partial charge on any atom is 0.353 e. The van der Waals surface area contributed by atoms with E-state index in [1.54, 1.807) is 78.1 Å². The number of fused-ring (bicyclic) bond motifs is 2. The highest BCUT2D eigenvalue weighted by Gasteiger charge is 2.35. The second-order valence-electron chi connectivity index (χ2n) is 17.2. The molecule has 2 aliphatic heterocycles. The van der Waals surface area contributed by atoms with Crippen LogP contribution in [0.1, 0.15) is 62.2 Å². The number of aryl methyl sites for hydroxylation is 2. The summed E-state index contributed by atoms with van der Waals surface area (Å²) in [6, 6.07) is 24.6. The van der Waals surface area contributed by atoms with Crippen molar-refractivity contribution in [2.24, 2.45) is 23.7 Å². The Kier molecular flexibility index (Phi) is 12.6. The summed E-state index contributed by atoms with van der Waals surface area (Å²) in [6.45, 7) is 13.3. The molecule has 0 radical (unpaired) electrons. The molecule has 0 aliphatic carbocycles. The number of nitrogens with zero attached hydrogens (tertiary/aromatic N) is 4. The van der Waals surface area contributed by atoms with E-state index in [1.165, 1.54) is 51.6 Å². The molecule has 0 saturated carbocycles. The Balaban J connectivity index is 0.000000190.